The largest absolute Gasteiger partial charge is 0.306 e. The van der Waals surface area contributed by atoms with Gasteiger partial charge >= 0.3 is 0 Å². The molecule has 1 aliphatic carbocycles. The van der Waals surface area contributed by atoms with Crippen LogP contribution in [0, 0.1) is 5.41 Å². The Balaban J connectivity index is 2.86. The molecule has 0 aromatic heterocycles. The van der Waals surface area contributed by atoms with Gasteiger partial charge in [-0.25, -0.2) is 0 Å². The van der Waals surface area contributed by atoms with Crippen molar-refractivity contribution in [2.45, 2.75) is 91.6 Å². The molecule has 0 saturated heterocycles. The van der Waals surface area contributed by atoms with E-state index in [0.717, 1.165) is 5.71 Å². The summed E-state index contributed by atoms with van der Waals surface area (Å²) in [6.07, 6.45) is 0. The molecular formula is C15H31N3. The summed E-state index contributed by atoms with van der Waals surface area (Å²) in [5.74, 6) is 0. The highest BCUT2D eigenvalue weighted by molar-refractivity contribution is 6.09. The average Bonchev–Trinajstić information content (AvgIpc) is 2.76. The molecule has 3 heteroatoms. The fourth-order valence-electron chi connectivity index (χ4n) is 3.36. The van der Waals surface area contributed by atoms with E-state index in [4.69, 9.17) is 5.41 Å². The first-order chi connectivity index (χ1) is 8.20. The number of hydrogen-bond acceptors (Lipinski definition) is 3. The highest BCUT2D eigenvalue weighted by atomic mass is 15.4. The van der Waals surface area contributed by atoms with Gasteiger partial charge in [0.25, 0.3) is 0 Å². The van der Waals surface area contributed by atoms with Crippen molar-refractivity contribution in [1.82, 2.24) is 9.80 Å². The Kier molecular flexibility index (Phi) is 4.96. The monoisotopic (exact) mass is 253 g/mol. The zero-order valence-electron chi connectivity index (χ0n) is 13.4. The van der Waals surface area contributed by atoms with E-state index in [2.05, 4.69) is 65.2 Å². The lowest BCUT2D eigenvalue weighted by atomic mass is 10.2. The average molecular weight is 253 g/mol. The van der Waals surface area contributed by atoms with Gasteiger partial charge in [-0.3, -0.25) is 9.80 Å². The van der Waals surface area contributed by atoms with Crippen molar-refractivity contribution < 1.29 is 0 Å². The highest BCUT2D eigenvalue weighted by Crippen LogP contribution is 2.34. The van der Waals surface area contributed by atoms with Gasteiger partial charge < -0.3 is 5.41 Å². The molecule has 0 radical (unpaired) electrons. The molecule has 2 unspecified atom stereocenters. The molecule has 1 N–H and O–H groups in total. The fourth-order valence-corrected chi connectivity index (χ4v) is 3.36. The summed E-state index contributed by atoms with van der Waals surface area (Å²) in [7, 11) is 0. The van der Waals surface area contributed by atoms with E-state index < -0.39 is 0 Å². The van der Waals surface area contributed by atoms with Crippen molar-refractivity contribution in [1.29, 1.82) is 5.41 Å². The number of nitrogens with zero attached hydrogens (tertiary/aromatic N) is 2. The maximum Gasteiger partial charge on any atom is 0.0707 e. The van der Waals surface area contributed by atoms with Crippen molar-refractivity contribution in [3.05, 3.63) is 0 Å². The smallest absolute Gasteiger partial charge is 0.0707 e. The van der Waals surface area contributed by atoms with Gasteiger partial charge in [0.1, 0.15) is 0 Å². The first-order valence-corrected chi connectivity index (χ1v) is 7.33. The second-order valence-electron chi connectivity index (χ2n) is 6.61. The van der Waals surface area contributed by atoms with Crippen LogP contribution in [0.3, 0.4) is 0 Å². The zero-order chi connectivity index (χ0) is 14.2. The molecule has 2 atom stereocenters. The second kappa shape index (κ2) is 5.70. The van der Waals surface area contributed by atoms with Crippen LogP contribution < -0.4 is 0 Å². The van der Waals surface area contributed by atoms with Crippen LogP contribution >= 0.6 is 0 Å². The van der Waals surface area contributed by atoms with Crippen LogP contribution in [0.2, 0.25) is 0 Å². The molecule has 106 valence electrons. The van der Waals surface area contributed by atoms with Crippen molar-refractivity contribution in [3.63, 3.8) is 0 Å². The quantitative estimate of drug-likeness (QED) is 0.789. The van der Waals surface area contributed by atoms with Crippen molar-refractivity contribution >= 4 is 5.71 Å². The predicted molar refractivity (Wildman–Crippen MR) is 79.5 cm³/mol. The second-order valence-corrected chi connectivity index (χ2v) is 6.61. The summed E-state index contributed by atoms with van der Waals surface area (Å²) in [6, 6.07) is 2.66. The van der Waals surface area contributed by atoms with E-state index >= 15 is 0 Å². The maximum atomic E-state index is 8.28. The molecule has 3 nitrogen and oxygen atoms in total. The minimum absolute atomic E-state index is 0.329. The summed E-state index contributed by atoms with van der Waals surface area (Å²) in [5, 5.41) is 8.28. The van der Waals surface area contributed by atoms with Gasteiger partial charge in [0.2, 0.25) is 0 Å². The molecule has 0 spiro atoms. The Labute approximate surface area is 113 Å². The molecule has 0 bridgehead atoms. The van der Waals surface area contributed by atoms with E-state index in [1.54, 1.807) is 0 Å². The Morgan fingerprint density at radius 2 is 0.889 bits per heavy atom. The molecular weight excluding hydrogens is 222 g/mol. The number of hydrogen-bond donors (Lipinski definition) is 1. The van der Waals surface area contributed by atoms with Crippen molar-refractivity contribution in [2.75, 3.05) is 0 Å². The summed E-state index contributed by atoms with van der Waals surface area (Å²) in [5.41, 5.74) is 0.903. The summed E-state index contributed by atoms with van der Waals surface area (Å²) in [4.78, 5) is 4.95. The van der Waals surface area contributed by atoms with Crippen LogP contribution in [0.25, 0.3) is 0 Å². The third-order valence-corrected chi connectivity index (χ3v) is 3.85. The van der Waals surface area contributed by atoms with E-state index in [9.17, 15) is 0 Å². The van der Waals surface area contributed by atoms with E-state index in [1.165, 1.54) is 0 Å². The molecule has 1 fully saturated rings. The molecule has 0 aromatic rings. The van der Waals surface area contributed by atoms with Crippen LogP contribution in [0.1, 0.15) is 55.4 Å². The lowest BCUT2D eigenvalue weighted by Crippen LogP contribution is -2.46. The third kappa shape index (κ3) is 2.94. The number of nitrogens with one attached hydrogen (secondary N) is 1. The summed E-state index contributed by atoms with van der Waals surface area (Å²) in [6.45, 7) is 17.9. The molecule has 0 aliphatic heterocycles. The van der Waals surface area contributed by atoms with Gasteiger partial charge in [0, 0.05) is 29.9 Å². The SMILES string of the molecule is CC(C)N(C(C)C)C1C(=N)C1N(C(C)C)C(C)C. The standard InChI is InChI=1S/C15H31N3/c1-9(2)17(10(3)4)14-13(16)15(14)18(11(5)6)12(7)8/h9-12,14-16H,1-8H3. The van der Waals surface area contributed by atoms with Crippen molar-refractivity contribution in [3.8, 4) is 0 Å². The topological polar surface area (TPSA) is 30.3 Å². The molecule has 0 aromatic carbocycles. The van der Waals surface area contributed by atoms with E-state index in [0.29, 0.717) is 36.3 Å². The minimum atomic E-state index is 0.329. The van der Waals surface area contributed by atoms with E-state index in [-0.39, 0.29) is 0 Å². The lowest BCUT2D eigenvalue weighted by molar-refractivity contribution is 0.108. The molecule has 18 heavy (non-hydrogen) atoms. The predicted octanol–water partition coefficient (Wildman–Crippen LogP) is 2.99. The van der Waals surface area contributed by atoms with Gasteiger partial charge in [0.15, 0.2) is 0 Å². The Morgan fingerprint density at radius 3 is 1.06 bits per heavy atom. The first kappa shape index (κ1) is 15.6. The minimum Gasteiger partial charge on any atom is -0.306 e. The number of rotatable bonds is 6. The Morgan fingerprint density at radius 1 is 0.667 bits per heavy atom. The third-order valence-electron chi connectivity index (χ3n) is 3.85. The fraction of sp³-hybridized carbons (Fsp3) is 0.933. The van der Waals surface area contributed by atoms with Crippen LogP contribution in [0.15, 0.2) is 0 Å². The molecule has 0 amide bonds. The van der Waals surface area contributed by atoms with Gasteiger partial charge in [-0.2, -0.15) is 0 Å². The van der Waals surface area contributed by atoms with Gasteiger partial charge in [0.05, 0.1) is 12.1 Å². The maximum absolute atomic E-state index is 8.28. The van der Waals surface area contributed by atoms with Crippen molar-refractivity contribution in [2.24, 2.45) is 0 Å². The molecule has 0 heterocycles. The Hall–Kier alpha value is -0.410. The van der Waals surface area contributed by atoms with Gasteiger partial charge in [-0.05, 0) is 55.4 Å². The normalized spacial score (nSPS) is 24.4. The molecule has 1 rings (SSSR count). The summed E-state index contributed by atoms with van der Waals surface area (Å²) < 4.78 is 0. The van der Waals surface area contributed by atoms with Gasteiger partial charge in [-0.1, -0.05) is 0 Å². The zero-order valence-corrected chi connectivity index (χ0v) is 13.4. The summed E-state index contributed by atoms with van der Waals surface area (Å²) >= 11 is 0. The van der Waals surface area contributed by atoms with Crippen LogP contribution in [0.5, 0.6) is 0 Å². The first-order valence-electron chi connectivity index (χ1n) is 7.33. The molecule has 1 saturated carbocycles. The van der Waals surface area contributed by atoms with E-state index in [1.807, 2.05) is 0 Å². The van der Waals surface area contributed by atoms with Crippen LogP contribution in [0.4, 0.5) is 0 Å². The van der Waals surface area contributed by atoms with Crippen LogP contribution in [-0.2, 0) is 0 Å². The van der Waals surface area contributed by atoms with Crippen LogP contribution in [-0.4, -0.2) is 51.8 Å². The van der Waals surface area contributed by atoms with Gasteiger partial charge in [-0.15, -0.1) is 0 Å². The highest BCUT2D eigenvalue weighted by Gasteiger charge is 2.54. The lowest BCUT2D eigenvalue weighted by Gasteiger charge is -2.34. The molecule has 1 aliphatic rings. The Bertz CT molecular complexity index is 250.